The molecule has 0 aromatic heterocycles. The van der Waals surface area contributed by atoms with E-state index in [0.717, 1.165) is 12.2 Å². The van der Waals surface area contributed by atoms with Crippen molar-refractivity contribution in [1.82, 2.24) is 0 Å². The van der Waals surface area contributed by atoms with Crippen LogP contribution >= 0.6 is 0 Å². The Morgan fingerprint density at radius 3 is 2.50 bits per heavy atom. The van der Waals surface area contributed by atoms with Gasteiger partial charge in [0, 0.05) is 5.54 Å². The molecular weight excluding hydrogens is 202 g/mol. The van der Waals surface area contributed by atoms with Gasteiger partial charge in [-0.2, -0.15) is 0 Å². The molecule has 1 aromatic carbocycles. The Kier molecular flexibility index (Phi) is 5.29. The third kappa shape index (κ3) is 5.14. The number of ether oxygens (including phenoxy) is 2. The van der Waals surface area contributed by atoms with Crippen LogP contribution in [0.2, 0.25) is 0 Å². The van der Waals surface area contributed by atoms with Crippen LogP contribution in [0, 0.1) is 0 Å². The zero-order valence-corrected chi connectivity index (χ0v) is 10.1. The van der Waals surface area contributed by atoms with Gasteiger partial charge in [-0.1, -0.05) is 25.1 Å². The van der Waals surface area contributed by atoms with Crippen molar-refractivity contribution in [2.75, 3.05) is 19.8 Å². The highest BCUT2D eigenvalue weighted by Gasteiger charge is 2.14. The Balaban J connectivity index is 2.09. The molecule has 0 fully saturated rings. The van der Waals surface area contributed by atoms with E-state index in [1.54, 1.807) is 0 Å². The van der Waals surface area contributed by atoms with Crippen LogP contribution in [0.3, 0.4) is 0 Å². The molecule has 0 aliphatic rings. The first-order chi connectivity index (χ1) is 7.64. The SMILES string of the molecule is CCC(C)(N)COCCOc1ccccc1. The van der Waals surface area contributed by atoms with Crippen molar-refractivity contribution in [2.45, 2.75) is 25.8 Å². The molecule has 0 spiro atoms. The standard InChI is InChI=1S/C13H21NO2/c1-3-13(2,14)11-15-9-10-16-12-7-5-4-6-8-12/h4-8H,3,9-11,14H2,1-2H3. The van der Waals surface area contributed by atoms with E-state index in [1.807, 2.05) is 37.3 Å². The monoisotopic (exact) mass is 223 g/mol. The molecule has 16 heavy (non-hydrogen) atoms. The van der Waals surface area contributed by atoms with Crippen LogP contribution < -0.4 is 10.5 Å². The van der Waals surface area contributed by atoms with Gasteiger partial charge in [-0.05, 0) is 25.5 Å². The maximum Gasteiger partial charge on any atom is 0.119 e. The lowest BCUT2D eigenvalue weighted by Gasteiger charge is -2.22. The summed E-state index contributed by atoms with van der Waals surface area (Å²) >= 11 is 0. The highest BCUT2D eigenvalue weighted by atomic mass is 16.5. The molecule has 0 heterocycles. The van der Waals surface area contributed by atoms with Gasteiger partial charge in [-0.15, -0.1) is 0 Å². The zero-order chi connectivity index (χ0) is 11.9. The van der Waals surface area contributed by atoms with E-state index in [-0.39, 0.29) is 5.54 Å². The summed E-state index contributed by atoms with van der Waals surface area (Å²) in [4.78, 5) is 0. The van der Waals surface area contributed by atoms with Gasteiger partial charge in [0.05, 0.1) is 13.2 Å². The van der Waals surface area contributed by atoms with E-state index in [2.05, 4.69) is 6.92 Å². The van der Waals surface area contributed by atoms with Crippen LogP contribution in [0.15, 0.2) is 30.3 Å². The fourth-order valence-electron chi connectivity index (χ4n) is 1.14. The molecule has 1 aromatic rings. The summed E-state index contributed by atoms with van der Waals surface area (Å²) in [7, 11) is 0. The van der Waals surface area contributed by atoms with Crippen molar-refractivity contribution in [3.05, 3.63) is 30.3 Å². The van der Waals surface area contributed by atoms with Gasteiger partial charge in [0.2, 0.25) is 0 Å². The molecule has 0 amide bonds. The summed E-state index contributed by atoms with van der Waals surface area (Å²) < 4.78 is 10.9. The molecule has 0 bridgehead atoms. The van der Waals surface area contributed by atoms with Crippen molar-refractivity contribution in [2.24, 2.45) is 5.73 Å². The summed E-state index contributed by atoms with van der Waals surface area (Å²) in [6.45, 7) is 5.75. The Morgan fingerprint density at radius 1 is 1.19 bits per heavy atom. The van der Waals surface area contributed by atoms with Crippen molar-refractivity contribution >= 4 is 0 Å². The smallest absolute Gasteiger partial charge is 0.119 e. The van der Waals surface area contributed by atoms with Gasteiger partial charge < -0.3 is 15.2 Å². The first-order valence-electron chi connectivity index (χ1n) is 5.68. The number of hydrogen-bond acceptors (Lipinski definition) is 3. The summed E-state index contributed by atoms with van der Waals surface area (Å²) in [6, 6.07) is 9.72. The number of rotatable bonds is 7. The Morgan fingerprint density at radius 2 is 1.88 bits per heavy atom. The molecule has 1 atom stereocenters. The van der Waals surface area contributed by atoms with Crippen LogP contribution in [-0.4, -0.2) is 25.4 Å². The number of benzene rings is 1. The van der Waals surface area contributed by atoms with Crippen LogP contribution in [-0.2, 0) is 4.74 Å². The molecule has 2 N–H and O–H groups in total. The Hall–Kier alpha value is -1.06. The van der Waals surface area contributed by atoms with Gasteiger partial charge in [-0.3, -0.25) is 0 Å². The minimum Gasteiger partial charge on any atom is -0.491 e. The first kappa shape index (κ1) is 13.0. The predicted molar refractivity (Wildman–Crippen MR) is 65.6 cm³/mol. The normalized spacial score (nSPS) is 14.4. The van der Waals surface area contributed by atoms with Gasteiger partial charge in [0.25, 0.3) is 0 Å². The van der Waals surface area contributed by atoms with Gasteiger partial charge in [-0.25, -0.2) is 0 Å². The van der Waals surface area contributed by atoms with Crippen molar-refractivity contribution in [3.8, 4) is 5.75 Å². The summed E-state index contributed by atoms with van der Waals surface area (Å²) in [5.74, 6) is 0.872. The molecule has 0 saturated heterocycles. The lowest BCUT2D eigenvalue weighted by molar-refractivity contribution is 0.0665. The average molecular weight is 223 g/mol. The van der Waals surface area contributed by atoms with Crippen molar-refractivity contribution in [3.63, 3.8) is 0 Å². The highest BCUT2D eigenvalue weighted by molar-refractivity contribution is 5.20. The molecular formula is C13H21NO2. The Bertz CT molecular complexity index is 285. The number of para-hydroxylation sites is 1. The maximum atomic E-state index is 5.94. The fourth-order valence-corrected chi connectivity index (χ4v) is 1.14. The molecule has 0 radical (unpaired) electrons. The average Bonchev–Trinajstić information content (AvgIpc) is 2.30. The van der Waals surface area contributed by atoms with Gasteiger partial charge in [0.15, 0.2) is 0 Å². The van der Waals surface area contributed by atoms with E-state index in [0.29, 0.717) is 19.8 Å². The second-order valence-electron chi connectivity index (χ2n) is 4.22. The van der Waals surface area contributed by atoms with E-state index >= 15 is 0 Å². The third-order valence-corrected chi connectivity index (χ3v) is 2.48. The van der Waals surface area contributed by atoms with Crippen molar-refractivity contribution in [1.29, 1.82) is 0 Å². The predicted octanol–water partition coefficient (Wildman–Crippen LogP) is 2.21. The topological polar surface area (TPSA) is 44.5 Å². The maximum absolute atomic E-state index is 5.94. The Labute approximate surface area is 97.6 Å². The van der Waals surface area contributed by atoms with E-state index in [9.17, 15) is 0 Å². The summed E-state index contributed by atoms with van der Waals surface area (Å²) in [6.07, 6.45) is 0.909. The van der Waals surface area contributed by atoms with Crippen LogP contribution in [0.4, 0.5) is 0 Å². The van der Waals surface area contributed by atoms with Gasteiger partial charge >= 0.3 is 0 Å². The lowest BCUT2D eigenvalue weighted by Crippen LogP contribution is -2.40. The minimum atomic E-state index is -0.229. The third-order valence-electron chi connectivity index (χ3n) is 2.48. The van der Waals surface area contributed by atoms with Crippen LogP contribution in [0.5, 0.6) is 5.75 Å². The molecule has 1 unspecified atom stereocenters. The quantitative estimate of drug-likeness (QED) is 0.721. The van der Waals surface area contributed by atoms with Crippen LogP contribution in [0.1, 0.15) is 20.3 Å². The second kappa shape index (κ2) is 6.51. The van der Waals surface area contributed by atoms with E-state index in [4.69, 9.17) is 15.2 Å². The first-order valence-corrected chi connectivity index (χ1v) is 5.68. The van der Waals surface area contributed by atoms with E-state index in [1.165, 1.54) is 0 Å². The minimum absolute atomic E-state index is 0.229. The zero-order valence-electron chi connectivity index (χ0n) is 10.1. The molecule has 0 saturated carbocycles. The molecule has 90 valence electrons. The number of hydrogen-bond donors (Lipinski definition) is 1. The fraction of sp³-hybridized carbons (Fsp3) is 0.538. The second-order valence-corrected chi connectivity index (χ2v) is 4.22. The summed E-state index contributed by atoms with van der Waals surface area (Å²) in [5, 5.41) is 0. The van der Waals surface area contributed by atoms with Crippen molar-refractivity contribution < 1.29 is 9.47 Å². The summed E-state index contributed by atoms with van der Waals surface area (Å²) in [5.41, 5.74) is 5.71. The molecule has 1 rings (SSSR count). The molecule has 0 aliphatic heterocycles. The lowest BCUT2D eigenvalue weighted by atomic mass is 10.0. The highest BCUT2D eigenvalue weighted by Crippen LogP contribution is 2.08. The van der Waals surface area contributed by atoms with E-state index < -0.39 is 0 Å². The number of nitrogens with two attached hydrogens (primary N) is 1. The largest absolute Gasteiger partial charge is 0.491 e. The molecule has 3 heteroatoms. The molecule has 0 aliphatic carbocycles. The van der Waals surface area contributed by atoms with Crippen LogP contribution in [0.25, 0.3) is 0 Å². The molecule has 3 nitrogen and oxygen atoms in total. The van der Waals surface area contributed by atoms with Gasteiger partial charge in [0.1, 0.15) is 12.4 Å².